The number of methoxy groups -OCH3 is 1. The van der Waals surface area contributed by atoms with Crippen LogP contribution in [0.25, 0.3) is 33.4 Å². The number of benzene rings is 1. The van der Waals surface area contributed by atoms with Gasteiger partial charge < -0.3 is 48.1 Å². The van der Waals surface area contributed by atoms with Gasteiger partial charge in [-0.25, -0.2) is 10.4 Å². The lowest BCUT2D eigenvalue weighted by molar-refractivity contribution is -0.203. The van der Waals surface area contributed by atoms with Gasteiger partial charge >= 0.3 is 5.97 Å². The van der Waals surface area contributed by atoms with Crippen LogP contribution >= 0.6 is 11.3 Å². The van der Waals surface area contributed by atoms with Crippen molar-refractivity contribution in [2.24, 2.45) is 16.7 Å². The number of nitrogens with one attached hydrogen (secondary N) is 2. The number of thiazole rings is 1. The maximum Gasteiger partial charge on any atom is 0.324 e. The molecule has 6 saturated heterocycles. The summed E-state index contributed by atoms with van der Waals surface area (Å²) in [6.07, 6.45) is 4.49. The lowest BCUT2D eigenvalue weighted by Crippen LogP contribution is -2.70. The Kier molecular flexibility index (Phi) is 14.5. The molecule has 0 radical (unpaired) electrons. The van der Waals surface area contributed by atoms with Crippen LogP contribution in [0.5, 0.6) is 0 Å². The molecule has 7 aliphatic rings. The Labute approximate surface area is 432 Å². The number of nitrogens with zero attached hydrogens (tertiary/aromatic N) is 7. The predicted molar refractivity (Wildman–Crippen MR) is 276 cm³/mol. The van der Waals surface area contributed by atoms with Gasteiger partial charge in [0.2, 0.25) is 5.91 Å². The molecule has 2 N–H and O–H groups in total. The Morgan fingerprint density at radius 1 is 1.03 bits per heavy atom. The summed E-state index contributed by atoms with van der Waals surface area (Å²) in [6, 6.07) is 6.51. The highest BCUT2D eigenvalue weighted by molar-refractivity contribution is 7.10. The highest BCUT2D eigenvalue weighted by atomic mass is 32.1. The molecule has 10 heterocycles. The van der Waals surface area contributed by atoms with E-state index in [0.29, 0.717) is 85.1 Å². The zero-order chi connectivity index (χ0) is 50.6. The number of esters is 1. The monoisotopic (exact) mass is 1020 g/mol. The maximum atomic E-state index is 15.1. The molecule has 1 spiro atoms. The van der Waals surface area contributed by atoms with Gasteiger partial charge in [0.25, 0.3) is 5.91 Å². The Bertz CT molecular complexity index is 2670. The number of amides is 2. The van der Waals surface area contributed by atoms with Gasteiger partial charge in [-0.05, 0) is 69.8 Å². The average molecular weight is 1020 g/mol. The van der Waals surface area contributed by atoms with Crippen LogP contribution in [0.3, 0.4) is 0 Å². The van der Waals surface area contributed by atoms with Gasteiger partial charge in [-0.1, -0.05) is 26.8 Å². The third-order valence-electron chi connectivity index (χ3n) is 16.3. The Balaban J connectivity index is 1.07. The fourth-order valence-corrected chi connectivity index (χ4v) is 12.8. The van der Waals surface area contributed by atoms with E-state index in [9.17, 15) is 9.59 Å². The number of rotatable bonds is 11. The van der Waals surface area contributed by atoms with Crippen LogP contribution in [-0.4, -0.2) is 178 Å². The molecule has 394 valence electrons. The van der Waals surface area contributed by atoms with Crippen LogP contribution in [0.4, 0.5) is 5.69 Å². The molecular weight excluding hydrogens is 951 g/mol. The molecule has 0 saturated carbocycles. The first kappa shape index (κ1) is 50.6. The number of anilines is 1. The van der Waals surface area contributed by atoms with Crippen LogP contribution in [0.2, 0.25) is 0 Å². The van der Waals surface area contributed by atoms with Crippen LogP contribution in [0.1, 0.15) is 81.8 Å². The Hall–Kier alpha value is -4.57. The highest BCUT2D eigenvalue weighted by Gasteiger charge is 2.55. The van der Waals surface area contributed by atoms with Crippen molar-refractivity contribution in [3.8, 4) is 22.5 Å². The van der Waals surface area contributed by atoms with Gasteiger partial charge in [0.05, 0.1) is 80.3 Å². The van der Waals surface area contributed by atoms with Gasteiger partial charge in [-0.3, -0.25) is 29.3 Å². The number of fused-ring (bicyclic) bond motifs is 6. The molecule has 2 amide bonds. The van der Waals surface area contributed by atoms with Crippen LogP contribution in [0.15, 0.2) is 35.8 Å². The van der Waals surface area contributed by atoms with Gasteiger partial charge in [0.15, 0.2) is 0 Å². The number of aromatic nitrogens is 3. The fraction of sp³-hybridized carbons (Fsp3) is 0.648. The number of pyridine rings is 1. The summed E-state index contributed by atoms with van der Waals surface area (Å²) < 4.78 is 38.6. The first-order valence-corrected chi connectivity index (χ1v) is 27.4. The molecule has 1 aromatic carbocycles. The highest BCUT2D eigenvalue weighted by Crippen LogP contribution is 2.46. The van der Waals surface area contributed by atoms with Crippen LogP contribution in [0, 0.1) is 16.7 Å². The summed E-state index contributed by atoms with van der Waals surface area (Å²) in [6.45, 7) is 18.2. The zero-order valence-corrected chi connectivity index (χ0v) is 44.2. The molecule has 19 heteroatoms. The second kappa shape index (κ2) is 20.9. The molecule has 3 aromatic heterocycles. The summed E-state index contributed by atoms with van der Waals surface area (Å²) in [5.74, 6) is -1.07. The lowest BCUT2D eigenvalue weighted by Gasteiger charge is -2.58. The maximum absolute atomic E-state index is 15.1. The van der Waals surface area contributed by atoms with Crippen molar-refractivity contribution in [1.82, 2.24) is 40.1 Å². The summed E-state index contributed by atoms with van der Waals surface area (Å²) in [7, 11) is 3.90. The number of cyclic esters (lactones) is 1. The number of hydrazine groups is 1. The Morgan fingerprint density at radius 3 is 2.53 bits per heavy atom. The average Bonchev–Trinajstić information content (AvgIpc) is 3.97. The summed E-state index contributed by atoms with van der Waals surface area (Å²) in [5, 5.41) is 8.55. The first-order chi connectivity index (χ1) is 35.3. The van der Waals surface area contributed by atoms with Crippen molar-refractivity contribution in [3.05, 3.63) is 52.1 Å². The van der Waals surface area contributed by atoms with Crippen LogP contribution < -0.4 is 15.6 Å². The summed E-state index contributed by atoms with van der Waals surface area (Å²) in [4.78, 5) is 61.2. The van der Waals surface area contributed by atoms with Crippen molar-refractivity contribution < 1.29 is 42.8 Å². The molecule has 73 heavy (non-hydrogen) atoms. The van der Waals surface area contributed by atoms with Crippen molar-refractivity contribution >= 4 is 45.7 Å². The van der Waals surface area contributed by atoms with Crippen molar-refractivity contribution in [2.75, 3.05) is 111 Å². The number of hydrogen-bond acceptors (Lipinski definition) is 16. The predicted octanol–water partition coefficient (Wildman–Crippen LogP) is 5.00. The molecular formula is C54H73N9O9S. The minimum atomic E-state index is -1.03. The molecule has 0 aliphatic carbocycles. The van der Waals surface area contributed by atoms with E-state index < -0.39 is 35.6 Å². The molecule has 11 rings (SSSR count). The van der Waals surface area contributed by atoms with E-state index in [4.69, 9.17) is 38.4 Å². The molecule has 6 fully saturated rings. The first-order valence-electron chi connectivity index (χ1n) is 26.5. The van der Waals surface area contributed by atoms with Crippen molar-refractivity contribution in [3.63, 3.8) is 0 Å². The molecule has 6 bridgehead atoms. The van der Waals surface area contributed by atoms with E-state index in [2.05, 4.69) is 87.5 Å². The molecule has 7 aliphatic heterocycles. The summed E-state index contributed by atoms with van der Waals surface area (Å²) >= 11 is 1.50. The summed E-state index contributed by atoms with van der Waals surface area (Å²) in [5.41, 5.74) is 10.5. The second-order valence-electron chi connectivity index (χ2n) is 22.6. The number of hydrogen-bond donors (Lipinski definition) is 2. The molecule has 6 atom stereocenters. The molecule has 0 unspecified atom stereocenters. The minimum Gasteiger partial charge on any atom is -0.464 e. The van der Waals surface area contributed by atoms with Gasteiger partial charge in [0, 0.05) is 117 Å². The number of carbonyl (C=O) groups excluding carboxylic acids is 3. The van der Waals surface area contributed by atoms with E-state index in [1.807, 2.05) is 13.1 Å². The quantitative estimate of drug-likeness (QED) is 0.192. The van der Waals surface area contributed by atoms with Gasteiger partial charge in [0.1, 0.15) is 23.2 Å². The standard InChI is InChI=1S/C54H73N9O9S/c1-33-26-71-48(33)49(64)57-45-47(61-28-54(29-61)31-69-32-54)50-56-42(27-73-50)35-9-10-43-38(22-35)40(24-53(3,4)30-72-52(66)41-8-7-13-63(58-41)51(45)65)46(62(43)18-21-70-37-11-19-68-20-12-37)39-23-36(25-55-44(39)34(2)67-6)60-16-14-59(5)15-17-60/h9-10,22-23,25,27,33-34,37,41,45,47-48,58H,7-8,11-21,24,26,28-32H2,1-6H3,(H,57,64)/t33-,34-,41-,45-,47-,48-/m0/s1. The number of ether oxygens (including phenoxy) is 6. The smallest absolute Gasteiger partial charge is 0.324 e. The molecule has 4 aromatic rings. The van der Waals surface area contributed by atoms with Gasteiger partial charge in [-0.2, -0.15) is 0 Å². The van der Waals surface area contributed by atoms with E-state index >= 15 is 4.79 Å². The Morgan fingerprint density at radius 2 is 1.82 bits per heavy atom. The molecule has 18 nitrogen and oxygen atoms in total. The number of carbonyl (C=O) groups is 3. The topological polar surface area (TPSA) is 174 Å². The minimum absolute atomic E-state index is 0.00388. The number of likely N-dealkylation sites (tertiary alicyclic amines) is 1. The van der Waals surface area contributed by atoms with Gasteiger partial charge in [-0.15, -0.1) is 11.3 Å². The van der Waals surface area contributed by atoms with Crippen LogP contribution in [-0.2, 0) is 55.8 Å². The fourth-order valence-electron chi connectivity index (χ4n) is 11.8. The van der Waals surface area contributed by atoms with E-state index in [1.165, 1.54) is 16.3 Å². The largest absolute Gasteiger partial charge is 0.464 e. The SMILES string of the molecule is CO[C@@H](C)c1ncc(N2CCN(C)CC2)cc1-c1c2c3cc(ccc3n1CCOC1CCOCC1)-c1csc(n1)[C@@H](N1CC3(COC3)C1)[C@H](NC(=O)[C@H]1OC[C@@H]1C)C(=O)N1CCC[C@H](N1)C(=O)OCC(C)(C)C2. The van der Waals surface area contributed by atoms with Crippen molar-refractivity contribution in [2.45, 2.75) is 103 Å². The normalized spacial score (nSPS) is 27.5. The number of likely N-dealkylation sites (N-methyl/N-ethyl adjacent to an activating group) is 1. The number of piperazine rings is 1. The third kappa shape index (κ3) is 10.2. The van der Waals surface area contributed by atoms with E-state index in [1.54, 1.807) is 7.11 Å². The second-order valence-corrected chi connectivity index (χ2v) is 23.5. The van der Waals surface area contributed by atoms with Crippen molar-refractivity contribution in [1.29, 1.82) is 0 Å². The van der Waals surface area contributed by atoms with E-state index in [0.717, 1.165) is 94.4 Å². The lowest BCUT2D eigenvalue weighted by atomic mass is 9.76. The third-order valence-corrected chi connectivity index (χ3v) is 17.2. The zero-order valence-electron chi connectivity index (χ0n) is 43.4. The van der Waals surface area contributed by atoms with E-state index in [-0.39, 0.29) is 42.0 Å².